The lowest BCUT2D eigenvalue weighted by molar-refractivity contribution is -0.123. The number of carbonyl (C=O) groups is 2. The van der Waals surface area contributed by atoms with E-state index in [1.54, 1.807) is 0 Å². The second-order valence-electron chi connectivity index (χ2n) is 4.58. The van der Waals surface area contributed by atoms with Crippen LogP contribution in [0, 0.1) is 11.6 Å². The van der Waals surface area contributed by atoms with Gasteiger partial charge < -0.3 is 16.2 Å². The maximum Gasteiger partial charge on any atom is 0.337 e. The van der Waals surface area contributed by atoms with Crippen molar-refractivity contribution in [2.24, 2.45) is 5.73 Å². The predicted molar refractivity (Wildman–Crippen MR) is 62.7 cm³/mol. The number of halogens is 2. The zero-order valence-electron chi connectivity index (χ0n) is 9.87. The predicted octanol–water partition coefficient (Wildman–Crippen LogP) is 1.48. The van der Waals surface area contributed by atoms with Crippen molar-refractivity contribution in [2.75, 3.05) is 5.32 Å². The van der Waals surface area contributed by atoms with E-state index >= 15 is 0 Å². The Morgan fingerprint density at radius 3 is 2.32 bits per heavy atom. The quantitative estimate of drug-likeness (QED) is 0.775. The molecule has 0 aromatic heterocycles. The van der Waals surface area contributed by atoms with Crippen LogP contribution in [0.4, 0.5) is 14.5 Å². The van der Waals surface area contributed by atoms with Crippen LogP contribution in [0.2, 0.25) is 0 Å². The monoisotopic (exact) mass is 270 g/mol. The first-order valence-electron chi connectivity index (χ1n) is 5.66. The standard InChI is InChI=1S/C12H12F2N2O3/c13-7-4-6(10(17)18)9(5-8(7)14)16-11(19)12(15)2-1-3-12/h4-5H,1-3,15H2,(H,16,19)(H,17,18). The van der Waals surface area contributed by atoms with Crippen molar-refractivity contribution in [3.8, 4) is 0 Å². The number of aromatic carboxylic acids is 1. The van der Waals surface area contributed by atoms with Crippen LogP contribution >= 0.6 is 0 Å². The van der Waals surface area contributed by atoms with Gasteiger partial charge in [0.05, 0.1) is 16.8 Å². The highest BCUT2D eigenvalue weighted by molar-refractivity contribution is 6.04. The normalized spacial score (nSPS) is 16.6. The minimum Gasteiger partial charge on any atom is -0.478 e. The molecule has 1 amide bonds. The summed E-state index contributed by atoms with van der Waals surface area (Å²) in [5, 5.41) is 11.1. The van der Waals surface area contributed by atoms with E-state index in [-0.39, 0.29) is 5.69 Å². The Balaban J connectivity index is 2.31. The number of carboxylic acid groups (broad SMARTS) is 1. The molecule has 0 saturated heterocycles. The topological polar surface area (TPSA) is 92.4 Å². The molecule has 1 aliphatic carbocycles. The summed E-state index contributed by atoms with van der Waals surface area (Å²) < 4.78 is 26.1. The molecule has 0 spiro atoms. The first-order valence-corrected chi connectivity index (χ1v) is 5.66. The van der Waals surface area contributed by atoms with Crippen LogP contribution in [0.1, 0.15) is 29.6 Å². The smallest absolute Gasteiger partial charge is 0.337 e. The SMILES string of the molecule is NC1(C(=O)Nc2cc(F)c(F)cc2C(=O)O)CCC1. The van der Waals surface area contributed by atoms with Crippen LogP contribution in [0.3, 0.4) is 0 Å². The molecule has 2 rings (SSSR count). The third kappa shape index (κ3) is 2.41. The van der Waals surface area contributed by atoms with Gasteiger partial charge in [-0.3, -0.25) is 4.79 Å². The van der Waals surface area contributed by atoms with Gasteiger partial charge in [0.25, 0.3) is 0 Å². The molecule has 0 unspecified atom stereocenters. The van der Waals surface area contributed by atoms with Crippen molar-refractivity contribution in [2.45, 2.75) is 24.8 Å². The van der Waals surface area contributed by atoms with E-state index in [4.69, 9.17) is 10.8 Å². The number of carbonyl (C=O) groups excluding carboxylic acids is 1. The Kier molecular flexibility index (Phi) is 3.23. The first-order chi connectivity index (χ1) is 8.83. The lowest BCUT2D eigenvalue weighted by Gasteiger charge is -2.36. The Labute approximate surface area is 107 Å². The van der Waals surface area contributed by atoms with Crippen LogP contribution in [0.15, 0.2) is 12.1 Å². The van der Waals surface area contributed by atoms with E-state index < -0.39 is 34.6 Å². The van der Waals surface area contributed by atoms with Crippen molar-refractivity contribution in [1.29, 1.82) is 0 Å². The van der Waals surface area contributed by atoms with Gasteiger partial charge in [0.1, 0.15) is 0 Å². The summed E-state index contributed by atoms with van der Waals surface area (Å²) in [6, 6.07) is 1.16. The van der Waals surface area contributed by atoms with Gasteiger partial charge in [0, 0.05) is 6.07 Å². The molecule has 4 N–H and O–H groups in total. The number of nitrogens with two attached hydrogens (primary N) is 1. The number of carboxylic acids is 1. The van der Waals surface area contributed by atoms with Crippen molar-refractivity contribution in [1.82, 2.24) is 0 Å². The first kappa shape index (κ1) is 13.4. The molecular formula is C12H12F2N2O3. The van der Waals surface area contributed by atoms with E-state index in [9.17, 15) is 18.4 Å². The lowest BCUT2D eigenvalue weighted by atomic mass is 9.77. The number of nitrogens with one attached hydrogen (secondary N) is 1. The number of benzene rings is 1. The minimum absolute atomic E-state index is 0.298. The fourth-order valence-corrected chi connectivity index (χ4v) is 1.86. The van der Waals surface area contributed by atoms with Gasteiger partial charge >= 0.3 is 5.97 Å². The van der Waals surface area contributed by atoms with Crippen LogP contribution in [-0.2, 0) is 4.79 Å². The van der Waals surface area contributed by atoms with E-state index in [0.29, 0.717) is 25.0 Å². The van der Waals surface area contributed by atoms with Crippen LogP contribution in [-0.4, -0.2) is 22.5 Å². The van der Waals surface area contributed by atoms with E-state index in [0.717, 1.165) is 6.42 Å². The molecule has 5 nitrogen and oxygen atoms in total. The maximum absolute atomic E-state index is 13.1. The highest BCUT2D eigenvalue weighted by Gasteiger charge is 2.40. The van der Waals surface area contributed by atoms with E-state index in [1.165, 1.54) is 0 Å². The molecule has 1 aromatic carbocycles. The fraction of sp³-hybridized carbons (Fsp3) is 0.333. The number of hydrogen-bond donors (Lipinski definition) is 3. The van der Waals surface area contributed by atoms with Gasteiger partial charge in [0.15, 0.2) is 11.6 Å². The summed E-state index contributed by atoms with van der Waals surface area (Å²) in [6.07, 6.45) is 1.75. The maximum atomic E-state index is 13.1. The minimum atomic E-state index is -1.46. The second-order valence-corrected chi connectivity index (χ2v) is 4.58. The van der Waals surface area contributed by atoms with Gasteiger partial charge in [-0.15, -0.1) is 0 Å². The molecule has 0 bridgehead atoms. The molecule has 0 radical (unpaired) electrons. The molecule has 7 heteroatoms. The summed E-state index contributed by atoms with van der Waals surface area (Å²) in [6.45, 7) is 0. The second kappa shape index (κ2) is 4.58. The third-order valence-electron chi connectivity index (χ3n) is 3.24. The summed E-state index contributed by atoms with van der Waals surface area (Å²) in [4.78, 5) is 22.8. The van der Waals surface area contributed by atoms with Gasteiger partial charge in [-0.1, -0.05) is 0 Å². The summed E-state index contributed by atoms with van der Waals surface area (Å²) in [5.41, 5.74) is 3.89. The van der Waals surface area contributed by atoms with Crippen LogP contribution in [0.25, 0.3) is 0 Å². The molecular weight excluding hydrogens is 258 g/mol. The molecule has 19 heavy (non-hydrogen) atoms. The van der Waals surface area contributed by atoms with Gasteiger partial charge in [0.2, 0.25) is 5.91 Å². The van der Waals surface area contributed by atoms with Crippen molar-refractivity contribution in [3.05, 3.63) is 29.3 Å². The summed E-state index contributed by atoms with van der Waals surface area (Å²) >= 11 is 0. The fourth-order valence-electron chi connectivity index (χ4n) is 1.86. The Morgan fingerprint density at radius 1 is 1.26 bits per heavy atom. The Morgan fingerprint density at radius 2 is 1.84 bits per heavy atom. The zero-order chi connectivity index (χ0) is 14.2. The molecule has 0 heterocycles. The Bertz CT molecular complexity index is 556. The number of rotatable bonds is 3. The number of amides is 1. The van der Waals surface area contributed by atoms with Crippen LogP contribution in [0.5, 0.6) is 0 Å². The highest BCUT2D eigenvalue weighted by atomic mass is 19.2. The molecule has 1 fully saturated rings. The molecule has 1 aromatic rings. The average molecular weight is 270 g/mol. The van der Waals surface area contributed by atoms with Gasteiger partial charge in [-0.25, -0.2) is 13.6 Å². The average Bonchev–Trinajstić information content (AvgIpc) is 2.29. The van der Waals surface area contributed by atoms with Crippen LogP contribution < -0.4 is 11.1 Å². The molecule has 0 atom stereocenters. The lowest BCUT2D eigenvalue weighted by Crippen LogP contribution is -2.56. The molecule has 1 saturated carbocycles. The van der Waals surface area contributed by atoms with Gasteiger partial charge in [-0.2, -0.15) is 0 Å². The van der Waals surface area contributed by atoms with Crippen molar-refractivity contribution >= 4 is 17.6 Å². The molecule has 0 aliphatic heterocycles. The summed E-state index contributed by atoms with van der Waals surface area (Å²) in [5.74, 6) is -4.58. The van der Waals surface area contributed by atoms with Gasteiger partial charge in [-0.05, 0) is 25.3 Å². The largest absolute Gasteiger partial charge is 0.478 e. The number of anilines is 1. The highest BCUT2D eigenvalue weighted by Crippen LogP contribution is 2.31. The van der Waals surface area contributed by atoms with Crippen molar-refractivity contribution in [3.63, 3.8) is 0 Å². The van der Waals surface area contributed by atoms with Crippen molar-refractivity contribution < 1.29 is 23.5 Å². The molecule has 1 aliphatic rings. The van der Waals surface area contributed by atoms with E-state index in [1.807, 2.05) is 0 Å². The molecule has 102 valence electrons. The Hall–Kier alpha value is -2.02. The number of hydrogen-bond acceptors (Lipinski definition) is 3. The van der Waals surface area contributed by atoms with E-state index in [2.05, 4.69) is 5.32 Å². The summed E-state index contributed by atoms with van der Waals surface area (Å²) in [7, 11) is 0. The zero-order valence-corrected chi connectivity index (χ0v) is 9.87. The third-order valence-corrected chi connectivity index (χ3v) is 3.24.